The molecule has 0 aromatic heterocycles. The van der Waals surface area contributed by atoms with Crippen molar-refractivity contribution in [2.24, 2.45) is 11.8 Å². The van der Waals surface area contributed by atoms with E-state index in [0.717, 1.165) is 37.6 Å². The number of amides is 1. The maximum atomic E-state index is 12.1. The Labute approximate surface area is 118 Å². The summed E-state index contributed by atoms with van der Waals surface area (Å²) >= 11 is 0. The SMILES string of the molecule is CCCCN1C(=O)CC[C@@H]2CN(CC(C)C)CC[C@@H]21. The molecule has 1 amide bonds. The van der Waals surface area contributed by atoms with Gasteiger partial charge in [0.2, 0.25) is 5.91 Å². The lowest BCUT2D eigenvalue weighted by atomic mass is 9.83. The number of carbonyl (C=O) groups excluding carboxylic acids is 1. The van der Waals surface area contributed by atoms with Crippen molar-refractivity contribution < 1.29 is 4.79 Å². The number of hydrogen-bond donors (Lipinski definition) is 0. The average Bonchev–Trinajstić information content (AvgIpc) is 2.37. The van der Waals surface area contributed by atoms with Crippen LogP contribution in [0.25, 0.3) is 0 Å². The highest BCUT2D eigenvalue weighted by Gasteiger charge is 2.38. The molecular weight excluding hydrogens is 236 g/mol. The summed E-state index contributed by atoms with van der Waals surface area (Å²) in [5, 5.41) is 0. The minimum absolute atomic E-state index is 0.409. The summed E-state index contributed by atoms with van der Waals surface area (Å²) in [5.41, 5.74) is 0. The first-order chi connectivity index (χ1) is 9.11. The molecule has 2 saturated heterocycles. The summed E-state index contributed by atoms with van der Waals surface area (Å²) in [4.78, 5) is 17.0. The van der Waals surface area contributed by atoms with Crippen molar-refractivity contribution in [3.8, 4) is 0 Å². The van der Waals surface area contributed by atoms with Crippen molar-refractivity contribution in [1.29, 1.82) is 0 Å². The van der Waals surface area contributed by atoms with E-state index in [0.29, 0.717) is 11.9 Å². The van der Waals surface area contributed by atoms with Gasteiger partial charge in [0.1, 0.15) is 0 Å². The molecule has 2 fully saturated rings. The molecule has 0 saturated carbocycles. The van der Waals surface area contributed by atoms with E-state index in [1.54, 1.807) is 0 Å². The largest absolute Gasteiger partial charge is 0.339 e. The van der Waals surface area contributed by atoms with Gasteiger partial charge >= 0.3 is 0 Å². The molecule has 2 aliphatic rings. The Kier molecular flexibility index (Phi) is 5.26. The van der Waals surface area contributed by atoms with E-state index in [9.17, 15) is 4.79 Å². The number of piperidine rings is 2. The molecule has 2 aliphatic heterocycles. The highest BCUT2D eigenvalue weighted by Crippen LogP contribution is 2.31. The number of hydrogen-bond acceptors (Lipinski definition) is 2. The second kappa shape index (κ2) is 6.74. The standard InChI is InChI=1S/C16H30N2O/c1-4-5-9-18-15-8-10-17(11-13(2)3)12-14(15)6-7-16(18)19/h13-15H,4-12H2,1-3H3/t14-,15+/m1/s1. The molecule has 19 heavy (non-hydrogen) atoms. The molecule has 2 rings (SSSR count). The van der Waals surface area contributed by atoms with Gasteiger partial charge < -0.3 is 9.80 Å². The van der Waals surface area contributed by atoms with E-state index < -0.39 is 0 Å². The molecule has 3 nitrogen and oxygen atoms in total. The number of unbranched alkanes of at least 4 members (excludes halogenated alkanes) is 1. The normalized spacial score (nSPS) is 28.8. The van der Waals surface area contributed by atoms with Gasteiger partial charge in [0.25, 0.3) is 0 Å². The third-order valence-corrected chi connectivity index (χ3v) is 4.60. The number of carbonyl (C=O) groups is 1. The zero-order valence-electron chi connectivity index (χ0n) is 12.9. The van der Waals surface area contributed by atoms with E-state index in [-0.39, 0.29) is 0 Å². The topological polar surface area (TPSA) is 23.6 Å². The Bertz CT molecular complexity index is 303. The number of nitrogens with zero attached hydrogens (tertiary/aromatic N) is 2. The van der Waals surface area contributed by atoms with Crippen molar-refractivity contribution in [1.82, 2.24) is 9.80 Å². The summed E-state index contributed by atoms with van der Waals surface area (Å²) in [6.07, 6.45) is 5.42. The Hall–Kier alpha value is -0.570. The second-order valence-electron chi connectivity index (χ2n) is 6.75. The smallest absolute Gasteiger partial charge is 0.222 e. The first-order valence-electron chi connectivity index (χ1n) is 8.13. The average molecular weight is 266 g/mol. The fourth-order valence-electron chi connectivity index (χ4n) is 3.73. The van der Waals surface area contributed by atoms with Crippen molar-refractivity contribution in [3.63, 3.8) is 0 Å². The lowest BCUT2D eigenvalue weighted by Gasteiger charge is -2.47. The van der Waals surface area contributed by atoms with Crippen LogP contribution in [0.4, 0.5) is 0 Å². The van der Waals surface area contributed by atoms with E-state index in [1.165, 1.54) is 32.5 Å². The minimum Gasteiger partial charge on any atom is -0.339 e. The molecule has 110 valence electrons. The molecule has 2 atom stereocenters. The van der Waals surface area contributed by atoms with Crippen LogP contribution >= 0.6 is 0 Å². The highest BCUT2D eigenvalue weighted by molar-refractivity contribution is 5.77. The van der Waals surface area contributed by atoms with Crippen molar-refractivity contribution in [2.75, 3.05) is 26.2 Å². The van der Waals surface area contributed by atoms with Gasteiger partial charge in [-0.25, -0.2) is 0 Å². The Morgan fingerprint density at radius 3 is 2.79 bits per heavy atom. The zero-order chi connectivity index (χ0) is 13.8. The third-order valence-electron chi connectivity index (χ3n) is 4.60. The molecule has 0 N–H and O–H groups in total. The van der Waals surface area contributed by atoms with Gasteiger partial charge in [0.15, 0.2) is 0 Å². The molecule has 0 aliphatic carbocycles. The molecular formula is C16H30N2O. The maximum Gasteiger partial charge on any atom is 0.222 e. The van der Waals surface area contributed by atoms with Crippen LogP contribution in [-0.2, 0) is 4.79 Å². The first-order valence-corrected chi connectivity index (χ1v) is 8.13. The molecule has 0 spiro atoms. The van der Waals surface area contributed by atoms with Crippen molar-refractivity contribution in [2.45, 2.75) is 58.9 Å². The van der Waals surface area contributed by atoms with Crippen LogP contribution in [0, 0.1) is 11.8 Å². The number of fused-ring (bicyclic) bond motifs is 1. The Balaban J connectivity index is 1.94. The third kappa shape index (κ3) is 3.71. The van der Waals surface area contributed by atoms with Gasteiger partial charge in [0, 0.05) is 38.6 Å². The van der Waals surface area contributed by atoms with Gasteiger partial charge in [0.05, 0.1) is 0 Å². The van der Waals surface area contributed by atoms with E-state index >= 15 is 0 Å². The molecule has 2 heterocycles. The van der Waals surface area contributed by atoms with Crippen LogP contribution in [-0.4, -0.2) is 47.9 Å². The summed E-state index contributed by atoms with van der Waals surface area (Å²) in [6, 6.07) is 0.538. The van der Waals surface area contributed by atoms with Crippen molar-refractivity contribution in [3.05, 3.63) is 0 Å². The molecule has 0 bridgehead atoms. The number of likely N-dealkylation sites (tertiary alicyclic amines) is 2. The van der Waals surface area contributed by atoms with Crippen LogP contribution in [0.15, 0.2) is 0 Å². The fraction of sp³-hybridized carbons (Fsp3) is 0.938. The Morgan fingerprint density at radius 2 is 2.11 bits per heavy atom. The van der Waals surface area contributed by atoms with Crippen LogP contribution in [0.3, 0.4) is 0 Å². The van der Waals surface area contributed by atoms with E-state index in [2.05, 4.69) is 30.6 Å². The second-order valence-corrected chi connectivity index (χ2v) is 6.75. The fourth-order valence-corrected chi connectivity index (χ4v) is 3.73. The molecule has 0 unspecified atom stereocenters. The lowest BCUT2D eigenvalue weighted by Crippen LogP contribution is -2.56. The maximum absolute atomic E-state index is 12.1. The minimum atomic E-state index is 0.409. The van der Waals surface area contributed by atoms with Crippen molar-refractivity contribution >= 4 is 5.91 Å². The van der Waals surface area contributed by atoms with Gasteiger partial charge in [-0.15, -0.1) is 0 Å². The van der Waals surface area contributed by atoms with E-state index in [4.69, 9.17) is 0 Å². The van der Waals surface area contributed by atoms with Crippen LogP contribution in [0.1, 0.15) is 52.9 Å². The summed E-state index contributed by atoms with van der Waals surface area (Å²) in [7, 11) is 0. The predicted octanol–water partition coefficient (Wildman–Crippen LogP) is 2.76. The van der Waals surface area contributed by atoms with Crippen LogP contribution in [0.5, 0.6) is 0 Å². The predicted molar refractivity (Wildman–Crippen MR) is 79.0 cm³/mol. The molecule has 0 radical (unpaired) electrons. The quantitative estimate of drug-likeness (QED) is 0.764. The van der Waals surface area contributed by atoms with Gasteiger partial charge in [-0.2, -0.15) is 0 Å². The summed E-state index contributed by atoms with van der Waals surface area (Å²) < 4.78 is 0. The highest BCUT2D eigenvalue weighted by atomic mass is 16.2. The molecule has 0 aromatic rings. The lowest BCUT2D eigenvalue weighted by molar-refractivity contribution is -0.141. The van der Waals surface area contributed by atoms with Gasteiger partial charge in [-0.3, -0.25) is 4.79 Å². The van der Waals surface area contributed by atoms with E-state index in [1.807, 2.05) is 0 Å². The van der Waals surface area contributed by atoms with Gasteiger partial charge in [-0.05, 0) is 31.1 Å². The van der Waals surface area contributed by atoms with Crippen LogP contribution in [0.2, 0.25) is 0 Å². The number of rotatable bonds is 5. The Morgan fingerprint density at radius 1 is 1.32 bits per heavy atom. The summed E-state index contributed by atoms with van der Waals surface area (Å²) in [5.74, 6) is 1.88. The molecule has 0 aromatic carbocycles. The molecule has 3 heteroatoms. The zero-order valence-corrected chi connectivity index (χ0v) is 12.9. The summed E-state index contributed by atoms with van der Waals surface area (Å²) in [6.45, 7) is 11.4. The van der Waals surface area contributed by atoms with Gasteiger partial charge in [-0.1, -0.05) is 27.2 Å². The first kappa shape index (κ1) is 14.8. The van der Waals surface area contributed by atoms with Crippen LogP contribution < -0.4 is 0 Å². The monoisotopic (exact) mass is 266 g/mol.